The Balaban J connectivity index is 1.27. The van der Waals surface area contributed by atoms with Crippen LogP contribution in [0.25, 0.3) is 22.2 Å². The van der Waals surface area contributed by atoms with E-state index in [1.54, 1.807) is 59.5 Å². The fraction of sp³-hybridized carbons (Fsp3) is 0.167. The SMILES string of the molecule is O=C(c1cnc(-c2cccc[n+]2[O-])cn1)N1CCN(S(=O)(=O)c2ccc3cc(Cl)ccc3c2)CC1. The molecule has 1 fully saturated rings. The highest BCUT2D eigenvalue weighted by atomic mass is 35.5. The number of benzene rings is 2. The van der Waals surface area contributed by atoms with Crippen LogP contribution in [0.4, 0.5) is 0 Å². The van der Waals surface area contributed by atoms with Crippen LogP contribution in [0, 0.1) is 5.21 Å². The van der Waals surface area contributed by atoms with Crippen molar-refractivity contribution >= 4 is 38.3 Å². The number of amides is 1. The topological polar surface area (TPSA) is 110 Å². The van der Waals surface area contributed by atoms with Crippen LogP contribution in [0.3, 0.4) is 0 Å². The molecule has 1 saturated heterocycles. The Kier molecular flexibility index (Phi) is 6.10. The average molecular weight is 510 g/mol. The first-order valence-corrected chi connectivity index (χ1v) is 12.6. The van der Waals surface area contributed by atoms with Gasteiger partial charge in [-0.25, -0.2) is 18.4 Å². The van der Waals surface area contributed by atoms with Gasteiger partial charge in [0.1, 0.15) is 5.69 Å². The largest absolute Gasteiger partial charge is 0.618 e. The van der Waals surface area contributed by atoms with E-state index in [0.29, 0.717) is 21.1 Å². The zero-order chi connectivity index (χ0) is 24.6. The van der Waals surface area contributed by atoms with Crippen molar-refractivity contribution < 1.29 is 17.9 Å². The molecule has 0 bridgehead atoms. The summed E-state index contributed by atoms with van der Waals surface area (Å²) in [5, 5.41) is 14.1. The molecule has 0 spiro atoms. The Bertz CT molecular complexity index is 1520. The number of pyridine rings is 1. The second kappa shape index (κ2) is 9.21. The van der Waals surface area contributed by atoms with Gasteiger partial charge in [-0.05, 0) is 41.1 Å². The number of fused-ring (bicyclic) bond motifs is 1. The summed E-state index contributed by atoms with van der Waals surface area (Å²) in [4.78, 5) is 23.0. The molecular weight excluding hydrogens is 490 g/mol. The van der Waals surface area contributed by atoms with Gasteiger partial charge >= 0.3 is 0 Å². The number of halogens is 1. The quantitative estimate of drug-likeness (QED) is 0.309. The Morgan fingerprint density at radius 1 is 0.943 bits per heavy atom. The molecule has 5 rings (SSSR count). The molecule has 1 amide bonds. The number of carbonyl (C=O) groups excluding carboxylic acids is 1. The van der Waals surface area contributed by atoms with Crippen molar-refractivity contribution in [2.75, 3.05) is 26.2 Å². The van der Waals surface area contributed by atoms with Crippen LogP contribution < -0.4 is 4.73 Å². The van der Waals surface area contributed by atoms with Gasteiger partial charge in [-0.1, -0.05) is 23.7 Å². The van der Waals surface area contributed by atoms with E-state index >= 15 is 0 Å². The lowest BCUT2D eigenvalue weighted by Crippen LogP contribution is -2.50. The number of aromatic nitrogens is 3. The number of nitrogens with zero attached hydrogens (tertiary/aromatic N) is 5. The number of hydrogen-bond acceptors (Lipinski definition) is 6. The zero-order valence-corrected chi connectivity index (χ0v) is 20.0. The smallest absolute Gasteiger partial charge is 0.274 e. The molecule has 0 N–H and O–H groups in total. The van der Waals surface area contributed by atoms with Gasteiger partial charge < -0.3 is 10.1 Å². The highest BCUT2D eigenvalue weighted by Gasteiger charge is 2.31. The lowest BCUT2D eigenvalue weighted by Gasteiger charge is -2.33. The highest BCUT2D eigenvalue weighted by Crippen LogP contribution is 2.25. The Morgan fingerprint density at radius 2 is 1.69 bits per heavy atom. The minimum Gasteiger partial charge on any atom is -0.618 e. The molecule has 11 heteroatoms. The fourth-order valence-electron chi connectivity index (χ4n) is 4.00. The first-order valence-electron chi connectivity index (χ1n) is 10.8. The van der Waals surface area contributed by atoms with E-state index in [4.69, 9.17) is 11.6 Å². The Labute approximate surface area is 206 Å². The number of rotatable bonds is 4. The summed E-state index contributed by atoms with van der Waals surface area (Å²) in [5.74, 6) is -0.341. The van der Waals surface area contributed by atoms with Crippen LogP contribution in [0.2, 0.25) is 5.02 Å². The molecule has 9 nitrogen and oxygen atoms in total. The maximum absolute atomic E-state index is 13.2. The highest BCUT2D eigenvalue weighted by molar-refractivity contribution is 7.89. The Hall–Kier alpha value is -3.60. The predicted molar refractivity (Wildman–Crippen MR) is 130 cm³/mol. The fourth-order valence-corrected chi connectivity index (χ4v) is 5.63. The molecule has 2 aromatic carbocycles. The van der Waals surface area contributed by atoms with Gasteiger partial charge in [0.2, 0.25) is 15.7 Å². The summed E-state index contributed by atoms with van der Waals surface area (Å²) in [7, 11) is -3.72. The molecule has 178 valence electrons. The summed E-state index contributed by atoms with van der Waals surface area (Å²) in [5.41, 5.74) is 0.812. The molecule has 2 aromatic heterocycles. The number of sulfonamides is 1. The van der Waals surface area contributed by atoms with E-state index < -0.39 is 10.0 Å². The molecule has 0 unspecified atom stereocenters. The molecule has 1 aliphatic heterocycles. The first kappa shape index (κ1) is 23.2. The monoisotopic (exact) mass is 509 g/mol. The van der Waals surface area contributed by atoms with Gasteiger partial charge in [-0.3, -0.25) is 4.79 Å². The molecule has 0 aliphatic carbocycles. The maximum Gasteiger partial charge on any atom is 0.274 e. The third kappa shape index (κ3) is 4.55. The van der Waals surface area contributed by atoms with Gasteiger partial charge in [-0.2, -0.15) is 9.04 Å². The summed E-state index contributed by atoms with van der Waals surface area (Å²) >= 11 is 6.02. The van der Waals surface area contributed by atoms with Crippen LogP contribution in [-0.2, 0) is 10.0 Å². The van der Waals surface area contributed by atoms with Gasteiger partial charge in [0.05, 0.1) is 17.3 Å². The zero-order valence-electron chi connectivity index (χ0n) is 18.4. The molecule has 4 aromatic rings. The van der Waals surface area contributed by atoms with Crippen LogP contribution in [0.1, 0.15) is 10.5 Å². The lowest BCUT2D eigenvalue weighted by atomic mass is 10.1. The third-order valence-electron chi connectivity index (χ3n) is 5.89. The van der Waals surface area contributed by atoms with Crippen LogP contribution in [0.15, 0.2) is 78.1 Å². The molecule has 0 atom stereocenters. The van der Waals surface area contributed by atoms with Crippen molar-refractivity contribution in [1.29, 1.82) is 0 Å². The number of carbonyl (C=O) groups is 1. The van der Waals surface area contributed by atoms with Crippen molar-refractivity contribution in [2.45, 2.75) is 4.90 Å². The van der Waals surface area contributed by atoms with Crippen molar-refractivity contribution in [3.05, 3.63) is 89.1 Å². The summed E-state index contributed by atoms with van der Waals surface area (Å²) in [6, 6.07) is 15.2. The molecule has 35 heavy (non-hydrogen) atoms. The normalized spacial score (nSPS) is 14.8. The van der Waals surface area contributed by atoms with Crippen molar-refractivity contribution in [3.8, 4) is 11.4 Å². The minimum absolute atomic E-state index is 0.131. The van der Waals surface area contributed by atoms with Gasteiger partial charge in [-0.15, -0.1) is 0 Å². The van der Waals surface area contributed by atoms with Crippen molar-refractivity contribution in [2.24, 2.45) is 0 Å². The second-order valence-electron chi connectivity index (χ2n) is 8.05. The van der Waals surface area contributed by atoms with Gasteiger partial charge in [0.25, 0.3) is 5.91 Å². The summed E-state index contributed by atoms with van der Waals surface area (Å²) in [6.45, 7) is 0.782. The molecule has 1 aliphatic rings. The Morgan fingerprint density at radius 3 is 2.40 bits per heavy atom. The molecule has 0 saturated carbocycles. The molecule has 0 radical (unpaired) electrons. The number of piperazine rings is 1. The van der Waals surface area contributed by atoms with E-state index in [-0.39, 0.29) is 42.7 Å². The average Bonchev–Trinajstić information content (AvgIpc) is 2.88. The predicted octanol–water partition coefficient (Wildman–Crippen LogP) is 2.73. The van der Waals surface area contributed by atoms with E-state index in [1.165, 1.54) is 22.9 Å². The van der Waals surface area contributed by atoms with Crippen LogP contribution >= 0.6 is 11.6 Å². The third-order valence-corrected chi connectivity index (χ3v) is 8.02. The standard InChI is InChI=1S/C24H20ClN5O4S/c25-19-6-4-18-14-20(7-5-17(18)13-19)35(33,34)29-11-9-28(10-12-29)24(31)22-16-26-21(15-27-22)23-3-1-2-8-30(23)32/h1-8,13-16H,9-12H2. The summed E-state index contributed by atoms with van der Waals surface area (Å²) in [6.07, 6.45) is 4.07. The van der Waals surface area contributed by atoms with Crippen LogP contribution in [-0.4, -0.2) is 59.7 Å². The van der Waals surface area contributed by atoms with E-state index in [2.05, 4.69) is 9.97 Å². The van der Waals surface area contributed by atoms with Crippen molar-refractivity contribution in [3.63, 3.8) is 0 Å². The van der Waals surface area contributed by atoms with Crippen LogP contribution in [0.5, 0.6) is 0 Å². The minimum atomic E-state index is -3.72. The first-order chi connectivity index (χ1) is 16.8. The molecular formula is C24H20ClN5O4S. The lowest BCUT2D eigenvalue weighted by molar-refractivity contribution is -0.593. The van der Waals surface area contributed by atoms with Crippen molar-refractivity contribution in [1.82, 2.24) is 19.2 Å². The summed E-state index contributed by atoms with van der Waals surface area (Å²) < 4.78 is 28.4. The van der Waals surface area contributed by atoms with Gasteiger partial charge in [0, 0.05) is 43.3 Å². The van der Waals surface area contributed by atoms with E-state index in [0.717, 1.165) is 10.8 Å². The second-order valence-corrected chi connectivity index (χ2v) is 10.4. The molecule has 3 heterocycles. The maximum atomic E-state index is 13.2. The van der Waals surface area contributed by atoms with Gasteiger partial charge in [0.15, 0.2) is 11.9 Å². The van der Waals surface area contributed by atoms with E-state index in [9.17, 15) is 18.4 Å². The van der Waals surface area contributed by atoms with E-state index in [1.807, 2.05) is 0 Å². The number of hydrogen-bond donors (Lipinski definition) is 0.